The van der Waals surface area contributed by atoms with Crippen molar-refractivity contribution in [2.45, 2.75) is 50.6 Å². The van der Waals surface area contributed by atoms with Crippen molar-refractivity contribution < 1.29 is 4.79 Å². The molecule has 3 nitrogen and oxygen atoms in total. The first-order chi connectivity index (χ1) is 8.62. The van der Waals surface area contributed by atoms with Gasteiger partial charge < -0.3 is 11.1 Å². The van der Waals surface area contributed by atoms with Gasteiger partial charge in [-0.1, -0.05) is 49.6 Å². The van der Waals surface area contributed by atoms with Gasteiger partial charge >= 0.3 is 0 Å². The number of rotatable bonds is 3. The van der Waals surface area contributed by atoms with E-state index in [4.69, 9.17) is 5.73 Å². The number of amides is 1. The molecule has 0 heterocycles. The average Bonchev–Trinajstić information content (AvgIpc) is 2.40. The lowest BCUT2D eigenvalue weighted by molar-refractivity contribution is -0.128. The van der Waals surface area contributed by atoms with Gasteiger partial charge in [0.15, 0.2) is 0 Å². The van der Waals surface area contributed by atoms with Crippen LogP contribution in [-0.4, -0.2) is 11.4 Å². The fraction of sp³-hybridized carbons (Fsp3) is 0.533. The van der Waals surface area contributed by atoms with Gasteiger partial charge in [0.2, 0.25) is 5.91 Å². The summed E-state index contributed by atoms with van der Waals surface area (Å²) in [5, 5.41) is 3.04. The quantitative estimate of drug-likeness (QED) is 0.895. The molecule has 106 valence electrons. The summed E-state index contributed by atoms with van der Waals surface area (Å²) in [5.41, 5.74) is 6.68. The van der Waals surface area contributed by atoms with E-state index in [9.17, 15) is 4.79 Å². The Labute approximate surface area is 121 Å². The molecule has 1 fully saturated rings. The van der Waals surface area contributed by atoms with Crippen LogP contribution in [0.2, 0.25) is 0 Å². The van der Waals surface area contributed by atoms with E-state index in [1.54, 1.807) is 0 Å². The van der Waals surface area contributed by atoms with Crippen LogP contribution in [-0.2, 0) is 4.79 Å². The van der Waals surface area contributed by atoms with Crippen molar-refractivity contribution in [1.29, 1.82) is 0 Å². The minimum Gasteiger partial charge on any atom is -0.348 e. The summed E-state index contributed by atoms with van der Waals surface area (Å²) < 4.78 is 0. The van der Waals surface area contributed by atoms with E-state index in [-0.39, 0.29) is 24.4 Å². The summed E-state index contributed by atoms with van der Waals surface area (Å²) in [5.74, 6) is -0.00134. The minimum atomic E-state index is -0.651. The number of hydrogen-bond acceptors (Lipinski definition) is 2. The van der Waals surface area contributed by atoms with Gasteiger partial charge in [-0.05, 0) is 25.3 Å². The largest absolute Gasteiger partial charge is 0.348 e. The highest BCUT2D eigenvalue weighted by atomic mass is 35.5. The molecule has 1 atom stereocenters. The van der Waals surface area contributed by atoms with Crippen LogP contribution in [0.1, 0.15) is 50.6 Å². The lowest BCUT2D eigenvalue weighted by Gasteiger charge is -2.33. The van der Waals surface area contributed by atoms with Crippen LogP contribution >= 0.6 is 12.4 Å². The van der Waals surface area contributed by atoms with Crippen molar-refractivity contribution in [1.82, 2.24) is 5.32 Å². The van der Waals surface area contributed by atoms with Crippen LogP contribution in [0, 0.1) is 0 Å². The summed E-state index contributed by atoms with van der Waals surface area (Å²) >= 11 is 0. The van der Waals surface area contributed by atoms with Crippen LogP contribution in [0.15, 0.2) is 30.3 Å². The maximum absolute atomic E-state index is 12.3. The Morgan fingerprint density at radius 2 is 1.79 bits per heavy atom. The van der Waals surface area contributed by atoms with Gasteiger partial charge in [-0.2, -0.15) is 0 Å². The fourth-order valence-electron chi connectivity index (χ4n) is 2.58. The zero-order valence-corrected chi connectivity index (χ0v) is 12.2. The van der Waals surface area contributed by atoms with Gasteiger partial charge in [0.05, 0.1) is 11.6 Å². The normalized spacial score (nSPS) is 19.1. The third kappa shape index (κ3) is 3.95. The van der Waals surface area contributed by atoms with E-state index < -0.39 is 5.54 Å². The monoisotopic (exact) mass is 282 g/mol. The van der Waals surface area contributed by atoms with Crippen molar-refractivity contribution >= 4 is 18.3 Å². The van der Waals surface area contributed by atoms with Crippen molar-refractivity contribution in [3.05, 3.63) is 35.9 Å². The topological polar surface area (TPSA) is 55.1 Å². The minimum absolute atomic E-state index is 0. The number of halogens is 1. The van der Waals surface area contributed by atoms with Crippen molar-refractivity contribution in [2.24, 2.45) is 5.73 Å². The van der Waals surface area contributed by atoms with Crippen LogP contribution in [0.5, 0.6) is 0 Å². The predicted molar refractivity (Wildman–Crippen MR) is 80.3 cm³/mol. The zero-order chi connectivity index (χ0) is 13.0. The first-order valence-electron chi connectivity index (χ1n) is 6.77. The van der Waals surface area contributed by atoms with Crippen molar-refractivity contribution in [2.75, 3.05) is 0 Å². The average molecular weight is 283 g/mol. The number of nitrogens with one attached hydrogen (secondary N) is 1. The zero-order valence-electron chi connectivity index (χ0n) is 11.4. The highest BCUT2D eigenvalue weighted by Crippen LogP contribution is 2.26. The lowest BCUT2D eigenvalue weighted by atomic mass is 9.81. The molecule has 0 aromatic heterocycles. The van der Waals surface area contributed by atoms with Crippen molar-refractivity contribution in [3.8, 4) is 0 Å². The van der Waals surface area contributed by atoms with Gasteiger partial charge in [0.25, 0.3) is 0 Å². The Morgan fingerprint density at radius 1 is 1.21 bits per heavy atom. The molecule has 0 aliphatic heterocycles. The van der Waals surface area contributed by atoms with Gasteiger partial charge in [-0.3, -0.25) is 4.79 Å². The van der Waals surface area contributed by atoms with Crippen LogP contribution in [0.25, 0.3) is 0 Å². The molecule has 0 radical (unpaired) electrons. The van der Waals surface area contributed by atoms with E-state index in [0.29, 0.717) is 0 Å². The second-order valence-corrected chi connectivity index (χ2v) is 5.32. The summed E-state index contributed by atoms with van der Waals surface area (Å²) in [6.45, 7) is 2.00. The number of carbonyl (C=O) groups is 1. The van der Waals surface area contributed by atoms with E-state index >= 15 is 0 Å². The second kappa shape index (κ2) is 6.92. The smallest absolute Gasteiger partial charge is 0.240 e. The van der Waals surface area contributed by atoms with Crippen LogP contribution < -0.4 is 11.1 Å². The second-order valence-electron chi connectivity index (χ2n) is 5.32. The Bertz CT molecular complexity index is 402. The van der Waals surface area contributed by atoms with Gasteiger partial charge in [0.1, 0.15) is 0 Å². The van der Waals surface area contributed by atoms with Crippen molar-refractivity contribution in [3.63, 3.8) is 0 Å². The molecule has 1 amide bonds. The highest BCUT2D eigenvalue weighted by Gasteiger charge is 2.35. The Morgan fingerprint density at radius 3 is 2.37 bits per heavy atom. The Balaban J connectivity index is 0.00000180. The SMILES string of the molecule is CC(NC(=O)C1(N)CCCCC1)c1ccccc1.Cl. The number of nitrogens with two attached hydrogens (primary N) is 1. The maximum atomic E-state index is 12.3. The first kappa shape index (κ1) is 16.0. The molecular weight excluding hydrogens is 260 g/mol. The summed E-state index contributed by atoms with van der Waals surface area (Å²) in [6.07, 6.45) is 4.93. The molecule has 0 spiro atoms. The summed E-state index contributed by atoms with van der Waals surface area (Å²) in [7, 11) is 0. The van der Waals surface area contributed by atoms with E-state index in [0.717, 1.165) is 31.2 Å². The highest BCUT2D eigenvalue weighted by molar-refractivity contribution is 5.86. The Kier molecular flexibility index (Phi) is 5.83. The molecule has 19 heavy (non-hydrogen) atoms. The molecule has 1 aromatic rings. The predicted octanol–water partition coefficient (Wildman–Crippen LogP) is 2.95. The molecule has 1 aliphatic carbocycles. The van der Waals surface area contributed by atoms with Gasteiger partial charge in [-0.25, -0.2) is 0 Å². The third-order valence-corrected chi connectivity index (χ3v) is 3.85. The Hall–Kier alpha value is -1.06. The molecule has 1 aromatic carbocycles. The molecule has 0 saturated heterocycles. The first-order valence-corrected chi connectivity index (χ1v) is 6.77. The third-order valence-electron chi connectivity index (χ3n) is 3.85. The molecule has 4 heteroatoms. The van der Waals surface area contributed by atoms with E-state index in [2.05, 4.69) is 5.32 Å². The van der Waals surface area contributed by atoms with Crippen LogP contribution in [0.3, 0.4) is 0 Å². The summed E-state index contributed by atoms with van der Waals surface area (Å²) in [4.78, 5) is 12.3. The maximum Gasteiger partial charge on any atom is 0.240 e. The van der Waals surface area contributed by atoms with Gasteiger partial charge in [0, 0.05) is 0 Å². The number of benzene rings is 1. The molecule has 1 unspecified atom stereocenters. The van der Waals surface area contributed by atoms with E-state index in [1.807, 2.05) is 37.3 Å². The van der Waals surface area contributed by atoms with Crippen LogP contribution in [0.4, 0.5) is 0 Å². The fourth-order valence-corrected chi connectivity index (χ4v) is 2.58. The standard InChI is InChI=1S/C15H22N2O.ClH/c1-12(13-8-4-2-5-9-13)17-14(18)15(16)10-6-3-7-11-15;/h2,4-5,8-9,12H,3,6-7,10-11,16H2,1H3,(H,17,18);1H. The number of hydrogen-bond donors (Lipinski definition) is 2. The molecule has 3 N–H and O–H groups in total. The molecule has 0 bridgehead atoms. The molecule has 1 saturated carbocycles. The summed E-state index contributed by atoms with van der Waals surface area (Å²) in [6, 6.07) is 10.0. The molecule has 2 rings (SSSR count). The molecular formula is C15H23ClN2O. The number of carbonyl (C=O) groups excluding carboxylic acids is 1. The van der Waals surface area contributed by atoms with E-state index in [1.165, 1.54) is 6.42 Å². The van der Waals surface area contributed by atoms with Gasteiger partial charge in [-0.15, -0.1) is 12.4 Å². The lowest BCUT2D eigenvalue weighted by Crippen LogP contribution is -2.55. The molecule has 1 aliphatic rings.